The number of primary amides is 1. The molecule has 1 aliphatic carbocycles. The van der Waals surface area contributed by atoms with Crippen molar-refractivity contribution in [3.63, 3.8) is 0 Å². The van der Waals surface area contributed by atoms with Gasteiger partial charge in [-0.15, -0.1) is 0 Å². The fourth-order valence-electron chi connectivity index (χ4n) is 3.61. The van der Waals surface area contributed by atoms with Crippen molar-refractivity contribution in [1.82, 2.24) is 15.1 Å². The fourth-order valence-corrected chi connectivity index (χ4v) is 3.61. The Morgan fingerprint density at radius 2 is 2.38 bits per heavy atom. The molecule has 1 aromatic rings. The van der Waals surface area contributed by atoms with Gasteiger partial charge in [-0.3, -0.25) is 14.3 Å². The summed E-state index contributed by atoms with van der Waals surface area (Å²) in [4.78, 5) is 23.6. The van der Waals surface area contributed by atoms with Crippen molar-refractivity contribution in [2.45, 2.75) is 32.2 Å². The Kier molecular flexibility index (Phi) is 3.67. The fraction of sp³-hybridized carbons (Fsp3) is 0.643. The molecule has 0 spiro atoms. The van der Waals surface area contributed by atoms with Crippen molar-refractivity contribution in [2.75, 3.05) is 18.4 Å². The van der Waals surface area contributed by atoms with Gasteiger partial charge in [0, 0.05) is 18.8 Å². The van der Waals surface area contributed by atoms with Gasteiger partial charge in [-0.1, -0.05) is 12.8 Å². The van der Waals surface area contributed by atoms with Crippen LogP contribution in [0.15, 0.2) is 12.3 Å². The highest BCUT2D eigenvalue weighted by Crippen LogP contribution is 2.44. The van der Waals surface area contributed by atoms with E-state index in [0.29, 0.717) is 11.7 Å². The lowest BCUT2D eigenvalue weighted by Crippen LogP contribution is -2.44. The molecule has 0 bridgehead atoms. The van der Waals surface area contributed by atoms with E-state index in [1.165, 1.54) is 11.1 Å². The quantitative estimate of drug-likeness (QED) is 0.731. The maximum Gasteiger partial charge on any atom is 0.239 e. The van der Waals surface area contributed by atoms with Crippen molar-refractivity contribution in [3.8, 4) is 0 Å². The Labute approximate surface area is 123 Å². The van der Waals surface area contributed by atoms with E-state index in [0.717, 1.165) is 32.4 Å². The average molecular weight is 291 g/mol. The normalized spacial score (nSPS) is 28.1. The molecule has 0 unspecified atom stereocenters. The zero-order valence-corrected chi connectivity index (χ0v) is 12.0. The molecule has 1 saturated carbocycles. The largest absolute Gasteiger partial charge is 0.368 e. The highest BCUT2D eigenvalue weighted by Gasteiger charge is 2.49. The number of rotatable bonds is 4. The molecule has 114 valence electrons. The molecule has 2 atom stereocenters. The van der Waals surface area contributed by atoms with E-state index in [1.54, 1.807) is 12.3 Å². The van der Waals surface area contributed by atoms with Crippen LogP contribution in [0.25, 0.3) is 0 Å². The second-order valence-corrected chi connectivity index (χ2v) is 6.05. The Morgan fingerprint density at radius 1 is 1.52 bits per heavy atom. The number of carbonyl (C=O) groups is 2. The second-order valence-electron chi connectivity index (χ2n) is 6.05. The van der Waals surface area contributed by atoms with Crippen LogP contribution in [0.4, 0.5) is 5.82 Å². The van der Waals surface area contributed by atoms with Crippen LogP contribution in [0.2, 0.25) is 0 Å². The number of fused-ring (bicyclic) bond motifs is 1. The van der Waals surface area contributed by atoms with Gasteiger partial charge in [0.2, 0.25) is 11.8 Å². The van der Waals surface area contributed by atoms with Crippen LogP contribution in [0, 0.1) is 11.3 Å². The van der Waals surface area contributed by atoms with E-state index in [1.807, 2.05) is 0 Å². The van der Waals surface area contributed by atoms with Crippen molar-refractivity contribution < 1.29 is 9.59 Å². The van der Waals surface area contributed by atoms with Crippen molar-refractivity contribution in [3.05, 3.63) is 12.3 Å². The van der Waals surface area contributed by atoms with Crippen LogP contribution >= 0.6 is 0 Å². The molecular weight excluding hydrogens is 270 g/mol. The number of nitrogens with zero attached hydrogens (tertiary/aromatic N) is 2. The summed E-state index contributed by atoms with van der Waals surface area (Å²) in [5.74, 6) is 0.481. The van der Waals surface area contributed by atoms with E-state index in [2.05, 4.69) is 15.7 Å². The topological polar surface area (TPSA) is 102 Å². The number of anilines is 1. The number of nitrogens with two attached hydrogens (primary N) is 1. The summed E-state index contributed by atoms with van der Waals surface area (Å²) in [5.41, 5.74) is 4.83. The highest BCUT2D eigenvalue weighted by molar-refractivity contribution is 5.95. The molecule has 0 radical (unpaired) electrons. The van der Waals surface area contributed by atoms with E-state index in [9.17, 15) is 9.59 Å². The molecule has 1 aliphatic heterocycles. The van der Waals surface area contributed by atoms with Gasteiger partial charge in [0.1, 0.15) is 6.54 Å². The number of amides is 2. The average Bonchev–Trinajstić information content (AvgIpc) is 3.05. The molecular formula is C14H21N5O2. The third-order valence-corrected chi connectivity index (χ3v) is 4.69. The first-order valence-electron chi connectivity index (χ1n) is 7.44. The van der Waals surface area contributed by atoms with Gasteiger partial charge in [0.25, 0.3) is 0 Å². The smallest absolute Gasteiger partial charge is 0.239 e. The third-order valence-electron chi connectivity index (χ3n) is 4.69. The summed E-state index contributed by atoms with van der Waals surface area (Å²) < 4.78 is 1.43. The minimum Gasteiger partial charge on any atom is -0.368 e. The van der Waals surface area contributed by atoms with Crippen LogP contribution < -0.4 is 16.4 Å². The molecule has 7 heteroatoms. The van der Waals surface area contributed by atoms with Gasteiger partial charge >= 0.3 is 0 Å². The van der Waals surface area contributed by atoms with Crippen LogP contribution in [-0.4, -0.2) is 34.7 Å². The summed E-state index contributed by atoms with van der Waals surface area (Å²) in [6.45, 7) is 1.68. The summed E-state index contributed by atoms with van der Waals surface area (Å²) in [5, 5.41) is 10.4. The van der Waals surface area contributed by atoms with E-state index in [4.69, 9.17) is 5.73 Å². The van der Waals surface area contributed by atoms with Crippen molar-refractivity contribution >= 4 is 17.6 Å². The summed E-state index contributed by atoms with van der Waals surface area (Å²) in [6, 6.07) is 1.69. The van der Waals surface area contributed by atoms with Gasteiger partial charge in [-0.05, 0) is 25.3 Å². The van der Waals surface area contributed by atoms with Crippen LogP contribution in [0.3, 0.4) is 0 Å². The number of hydrogen-bond acceptors (Lipinski definition) is 4. The lowest BCUT2D eigenvalue weighted by atomic mass is 9.67. The third kappa shape index (κ3) is 2.65. The second kappa shape index (κ2) is 5.48. The molecule has 21 heavy (non-hydrogen) atoms. The lowest BCUT2D eigenvalue weighted by Gasteiger charge is -2.36. The zero-order valence-electron chi connectivity index (χ0n) is 12.0. The van der Waals surface area contributed by atoms with Gasteiger partial charge in [0.05, 0.1) is 5.41 Å². The molecule has 0 aromatic carbocycles. The number of nitrogens with one attached hydrogen (secondary N) is 2. The summed E-state index contributed by atoms with van der Waals surface area (Å²) >= 11 is 0. The molecule has 1 aromatic heterocycles. The molecule has 3 rings (SSSR count). The van der Waals surface area contributed by atoms with Crippen LogP contribution in [0.1, 0.15) is 25.7 Å². The Morgan fingerprint density at radius 3 is 3.19 bits per heavy atom. The van der Waals surface area contributed by atoms with E-state index < -0.39 is 5.91 Å². The lowest BCUT2D eigenvalue weighted by molar-refractivity contribution is -0.128. The minimum atomic E-state index is -0.457. The summed E-state index contributed by atoms with van der Waals surface area (Å²) in [7, 11) is 0. The Balaban J connectivity index is 1.70. The first kappa shape index (κ1) is 14.1. The van der Waals surface area contributed by atoms with Crippen LogP contribution in [-0.2, 0) is 16.1 Å². The van der Waals surface area contributed by atoms with Gasteiger partial charge < -0.3 is 16.4 Å². The molecule has 2 fully saturated rings. The number of hydrogen-bond donors (Lipinski definition) is 3. The highest BCUT2D eigenvalue weighted by atomic mass is 16.2. The zero-order chi connectivity index (χ0) is 14.9. The van der Waals surface area contributed by atoms with E-state index >= 15 is 0 Å². The SMILES string of the molecule is NC(=O)Cn1ccc(NC(=O)[C@@]23CCCC[C@H]2CNC3)n1. The monoisotopic (exact) mass is 291 g/mol. The number of aromatic nitrogens is 2. The first-order valence-corrected chi connectivity index (χ1v) is 7.44. The molecule has 2 amide bonds. The maximum atomic E-state index is 12.7. The minimum absolute atomic E-state index is 0.0190. The molecule has 2 aliphatic rings. The van der Waals surface area contributed by atoms with E-state index in [-0.39, 0.29) is 17.9 Å². The Bertz CT molecular complexity index is 555. The molecule has 2 heterocycles. The molecule has 7 nitrogen and oxygen atoms in total. The first-order chi connectivity index (χ1) is 10.1. The standard InChI is InChI=1S/C14H21N5O2/c15-11(20)8-19-6-4-12(18-19)17-13(21)14-5-2-1-3-10(14)7-16-9-14/h4,6,10,16H,1-3,5,7-9H2,(H2,15,20)(H,17,18,21)/t10-,14+/m0/s1. The summed E-state index contributed by atoms with van der Waals surface area (Å²) in [6.07, 6.45) is 5.98. The maximum absolute atomic E-state index is 12.7. The molecule has 1 saturated heterocycles. The van der Waals surface area contributed by atoms with Gasteiger partial charge in [-0.2, -0.15) is 5.10 Å². The predicted molar refractivity (Wildman–Crippen MR) is 77.3 cm³/mol. The predicted octanol–water partition coefficient (Wildman–Crippen LogP) is 0.0867. The van der Waals surface area contributed by atoms with Crippen molar-refractivity contribution in [1.29, 1.82) is 0 Å². The van der Waals surface area contributed by atoms with Gasteiger partial charge in [-0.25, -0.2) is 0 Å². The molecule has 4 N–H and O–H groups in total. The Hall–Kier alpha value is -1.89. The number of carbonyl (C=O) groups excluding carboxylic acids is 2. The van der Waals surface area contributed by atoms with Gasteiger partial charge in [0.15, 0.2) is 5.82 Å². The van der Waals surface area contributed by atoms with Crippen molar-refractivity contribution in [2.24, 2.45) is 17.1 Å². The van der Waals surface area contributed by atoms with Crippen LogP contribution in [0.5, 0.6) is 0 Å².